The molecule has 3 aromatic rings. The van der Waals surface area contributed by atoms with E-state index >= 15 is 0 Å². The second-order valence-electron chi connectivity index (χ2n) is 10.7. The standard InChI is InChI=1S/C31H36N2O2/c1-22-7-11-24(12-8-22)19-26(20-31(17-18-31)30(34)35)32-28-5-3-4-6-29(28)33(27-15-16-27)21-25-13-9-23(2)10-14-25/h3-14,26-27,32H,15-21H2,1-2H3,(H,34,35)/t26-/m0/s1. The SMILES string of the molecule is Cc1ccc(C[C@@H](CC2(C(=O)O)CC2)Nc2ccccc2N(Cc2ccc(C)cc2)C2CC2)cc1. The fraction of sp³-hybridized carbons (Fsp3) is 0.387. The van der Waals surface area contributed by atoms with Crippen LogP contribution in [0, 0.1) is 19.3 Å². The number of carboxylic acids is 1. The number of hydrogen-bond donors (Lipinski definition) is 2. The highest BCUT2D eigenvalue weighted by Crippen LogP contribution is 2.50. The molecule has 0 spiro atoms. The van der Waals surface area contributed by atoms with E-state index in [1.165, 1.54) is 40.8 Å². The van der Waals surface area contributed by atoms with E-state index < -0.39 is 11.4 Å². The molecule has 2 N–H and O–H groups in total. The van der Waals surface area contributed by atoms with Gasteiger partial charge in [0.25, 0.3) is 0 Å². The van der Waals surface area contributed by atoms with Gasteiger partial charge in [-0.1, -0.05) is 71.8 Å². The molecule has 0 heterocycles. The third kappa shape index (κ3) is 5.70. The monoisotopic (exact) mass is 468 g/mol. The maximum atomic E-state index is 12.0. The Morgan fingerprint density at radius 1 is 0.943 bits per heavy atom. The van der Waals surface area contributed by atoms with E-state index in [1.54, 1.807) is 0 Å². The second-order valence-corrected chi connectivity index (χ2v) is 10.7. The topological polar surface area (TPSA) is 52.6 Å². The molecule has 0 saturated heterocycles. The number of hydrogen-bond acceptors (Lipinski definition) is 3. The van der Waals surface area contributed by atoms with E-state index in [0.29, 0.717) is 12.5 Å². The molecule has 4 heteroatoms. The van der Waals surface area contributed by atoms with E-state index in [9.17, 15) is 9.90 Å². The molecule has 3 aromatic carbocycles. The zero-order valence-electron chi connectivity index (χ0n) is 20.8. The normalized spacial score (nSPS) is 17.0. The molecule has 0 bridgehead atoms. The first kappa shape index (κ1) is 23.5. The van der Waals surface area contributed by atoms with Gasteiger partial charge >= 0.3 is 5.97 Å². The second kappa shape index (κ2) is 9.77. The largest absolute Gasteiger partial charge is 0.481 e. The molecule has 2 fully saturated rings. The molecule has 5 rings (SSSR count). The van der Waals surface area contributed by atoms with Crippen LogP contribution < -0.4 is 10.2 Å². The van der Waals surface area contributed by atoms with Crippen molar-refractivity contribution in [3.63, 3.8) is 0 Å². The van der Waals surface area contributed by atoms with Crippen LogP contribution >= 0.6 is 0 Å². The predicted octanol–water partition coefficient (Wildman–Crippen LogP) is 6.75. The van der Waals surface area contributed by atoms with Crippen molar-refractivity contribution < 1.29 is 9.90 Å². The summed E-state index contributed by atoms with van der Waals surface area (Å²) in [7, 11) is 0. The molecule has 4 nitrogen and oxygen atoms in total. The number of benzene rings is 3. The number of para-hydroxylation sites is 2. The average Bonchev–Trinajstić information content (AvgIpc) is 3.76. The van der Waals surface area contributed by atoms with Crippen LogP contribution in [0.1, 0.15) is 54.4 Å². The highest BCUT2D eigenvalue weighted by atomic mass is 16.4. The molecular formula is C31H36N2O2. The average molecular weight is 469 g/mol. The lowest BCUT2D eigenvalue weighted by molar-refractivity contribution is -0.143. The third-order valence-corrected chi connectivity index (χ3v) is 7.58. The summed E-state index contributed by atoms with van der Waals surface area (Å²) in [5.41, 5.74) is 6.82. The van der Waals surface area contributed by atoms with E-state index in [-0.39, 0.29) is 6.04 Å². The van der Waals surface area contributed by atoms with Gasteiger partial charge in [-0.3, -0.25) is 4.79 Å². The number of rotatable bonds is 11. The lowest BCUT2D eigenvalue weighted by atomic mass is 9.92. The molecule has 2 aliphatic carbocycles. The van der Waals surface area contributed by atoms with Crippen molar-refractivity contribution in [3.8, 4) is 0 Å². The van der Waals surface area contributed by atoms with Crippen LogP contribution in [-0.4, -0.2) is 23.2 Å². The number of carbonyl (C=O) groups is 1. The number of nitrogens with zero attached hydrogens (tertiary/aromatic N) is 1. The zero-order chi connectivity index (χ0) is 24.4. The Labute approximate surface area is 209 Å². The summed E-state index contributed by atoms with van der Waals surface area (Å²) in [5.74, 6) is -0.652. The van der Waals surface area contributed by atoms with Crippen molar-refractivity contribution in [2.75, 3.05) is 10.2 Å². The Morgan fingerprint density at radius 2 is 1.54 bits per heavy atom. The maximum absolute atomic E-state index is 12.0. The lowest BCUT2D eigenvalue weighted by Gasteiger charge is -2.30. The summed E-state index contributed by atoms with van der Waals surface area (Å²) >= 11 is 0. The maximum Gasteiger partial charge on any atom is 0.309 e. The third-order valence-electron chi connectivity index (χ3n) is 7.58. The predicted molar refractivity (Wildman–Crippen MR) is 143 cm³/mol. The summed E-state index contributed by atoms with van der Waals surface area (Å²) < 4.78 is 0. The Bertz CT molecular complexity index is 1160. The number of aliphatic carboxylic acids is 1. The minimum atomic E-state index is -0.652. The van der Waals surface area contributed by atoms with Gasteiger partial charge in [0.05, 0.1) is 16.8 Å². The summed E-state index contributed by atoms with van der Waals surface area (Å²) in [6.45, 7) is 5.10. The van der Waals surface area contributed by atoms with Crippen molar-refractivity contribution >= 4 is 17.3 Å². The van der Waals surface area contributed by atoms with Gasteiger partial charge in [0.15, 0.2) is 0 Å². The molecule has 2 saturated carbocycles. The Morgan fingerprint density at radius 3 is 2.11 bits per heavy atom. The molecule has 2 aliphatic rings. The van der Waals surface area contributed by atoms with Crippen LogP contribution in [0.2, 0.25) is 0 Å². The molecule has 0 aliphatic heterocycles. The number of anilines is 2. The van der Waals surface area contributed by atoms with Gasteiger partial charge in [-0.05, 0) is 75.6 Å². The highest BCUT2D eigenvalue weighted by Gasteiger charge is 2.51. The van der Waals surface area contributed by atoms with Crippen LogP contribution in [-0.2, 0) is 17.8 Å². The van der Waals surface area contributed by atoms with Crippen LogP contribution in [0.4, 0.5) is 11.4 Å². The van der Waals surface area contributed by atoms with Crippen LogP contribution in [0.3, 0.4) is 0 Å². The van der Waals surface area contributed by atoms with Crippen LogP contribution in [0.25, 0.3) is 0 Å². The van der Waals surface area contributed by atoms with Crippen LogP contribution in [0.5, 0.6) is 0 Å². The van der Waals surface area contributed by atoms with E-state index in [0.717, 1.165) is 31.5 Å². The molecule has 0 aromatic heterocycles. The number of aryl methyl sites for hydroxylation is 2. The smallest absolute Gasteiger partial charge is 0.309 e. The van der Waals surface area contributed by atoms with Gasteiger partial charge in [0.1, 0.15) is 0 Å². The van der Waals surface area contributed by atoms with E-state index in [1.807, 2.05) is 0 Å². The molecule has 182 valence electrons. The molecular weight excluding hydrogens is 432 g/mol. The summed E-state index contributed by atoms with van der Waals surface area (Å²) in [5, 5.41) is 13.7. The van der Waals surface area contributed by atoms with Crippen molar-refractivity contribution in [3.05, 3.63) is 95.1 Å². The minimum Gasteiger partial charge on any atom is -0.481 e. The molecule has 0 radical (unpaired) electrons. The van der Waals surface area contributed by atoms with E-state index in [4.69, 9.17) is 0 Å². The summed E-state index contributed by atoms with van der Waals surface area (Å²) in [6, 6.07) is 26.6. The quantitative estimate of drug-likeness (QED) is 0.327. The van der Waals surface area contributed by atoms with E-state index in [2.05, 4.69) is 96.9 Å². The summed E-state index contributed by atoms with van der Waals surface area (Å²) in [6.07, 6.45) is 5.44. The van der Waals surface area contributed by atoms with Crippen molar-refractivity contribution in [2.45, 2.75) is 71.0 Å². The van der Waals surface area contributed by atoms with Gasteiger partial charge < -0.3 is 15.3 Å². The molecule has 0 unspecified atom stereocenters. The van der Waals surface area contributed by atoms with Crippen molar-refractivity contribution in [1.29, 1.82) is 0 Å². The highest BCUT2D eigenvalue weighted by molar-refractivity contribution is 5.78. The first-order valence-electron chi connectivity index (χ1n) is 12.9. The van der Waals surface area contributed by atoms with Crippen molar-refractivity contribution in [2.24, 2.45) is 5.41 Å². The van der Waals surface area contributed by atoms with Gasteiger partial charge in [0.2, 0.25) is 0 Å². The first-order chi connectivity index (χ1) is 16.9. The zero-order valence-corrected chi connectivity index (χ0v) is 20.8. The van der Waals surface area contributed by atoms with Gasteiger partial charge in [-0.25, -0.2) is 0 Å². The van der Waals surface area contributed by atoms with Gasteiger partial charge in [-0.2, -0.15) is 0 Å². The summed E-state index contributed by atoms with van der Waals surface area (Å²) in [4.78, 5) is 14.6. The lowest BCUT2D eigenvalue weighted by Crippen LogP contribution is -2.31. The van der Waals surface area contributed by atoms with Gasteiger partial charge in [0, 0.05) is 18.6 Å². The fourth-order valence-electron chi connectivity index (χ4n) is 5.06. The minimum absolute atomic E-state index is 0.0536. The molecule has 35 heavy (non-hydrogen) atoms. The Balaban J connectivity index is 1.41. The van der Waals surface area contributed by atoms with Crippen molar-refractivity contribution in [1.82, 2.24) is 0 Å². The number of nitrogens with one attached hydrogen (secondary N) is 1. The fourth-order valence-corrected chi connectivity index (χ4v) is 5.06. The Hall–Kier alpha value is -3.27. The van der Waals surface area contributed by atoms with Crippen LogP contribution in [0.15, 0.2) is 72.8 Å². The number of carboxylic acid groups (broad SMARTS) is 1. The molecule has 1 atom stereocenters. The van der Waals surface area contributed by atoms with Gasteiger partial charge in [-0.15, -0.1) is 0 Å². The Kier molecular flexibility index (Phi) is 6.55. The molecule has 0 amide bonds. The first-order valence-corrected chi connectivity index (χ1v) is 12.9.